The number of fused-ring (bicyclic) bond motifs is 1. The molecule has 1 aliphatic rings. The van der Waals surface area contributed by atoms with E-state index in [9.17, 15) is 0 Å². The molecule has 3 rings (SSSR count). The fourth-order valence-electron chi connectivity index (χ4n) is 2.84. The maximum Gasteiger partial charge on any atom is 0.222 e. The van der Waals surface area contributed by atoms with Crippen LogP contribution >= 0.6 is 36.2 Å². The van der Waals surface area contributed by atoms with Crippen molar-refractivity contribution in [3.8, 4) is 0 Å². The minimum Gasteiger partial charge on any atom is -0.368 e. The molecule has 0 amide bonds. The minimum absolute atomic E-state index is 0. The van der Waals surface area contributed by atoms with E-state index in [1.165, 1.54) is 10.6 Å². The monoisotopic (exact) mass is 404 g/mol. The van der Waals surface area contributed by atoms with Crippen LogP contribution in [0.1, 0.15) is 41.7 Å². The summed E-state index contributed by atoms with van der Waals surface area (Å²) in [5, 5.41) is 6.72. The largest absolute Gasteiger partial charge is 0.368 e. The van der Waals surface area contributed by atoms with E-state index in [4.69, 9.17) is 10.7 Å². The lowest BCUT2D eigenvalue weighted by molar-refractivity contribution is 0.708. The number of nitrogens with two attached hydrogens (primary N) is 1. The highest BCUT2D eigenvalue weighted by Crippen LogP contribution is 2.26. The molecule has 2 aromatic rings. The number of hydrogen-bond donors (Lipinski definition) is 2. The summed E-state index contributed by atoms with van der Waals surface area (Å²) in [5.74, 6) is 1.76. The topological polar surface area (TPSA) is 80.0 Å². The number of nitrogen functional groups attached to an aromatic ring is 1. The van der Waals surface area contributed by atoms with Crippen LogP contribution in [-0.2, 0) is 19.4 Å². The molecule has 2 aromatic heterocycles. The zero-order valence-electron chi connectivity index (χ0n) is 14.8. The first-order chi connectivity index (χ1) is 11.0. The van der Waals surface area contributed by atoms with E-state index >= 15 is 0 Å². The van der Waals surface area contributed by atoms with Crippen molar-refractivity contribution in [1.82, 2.24) is 20.3 Å². The molecule has 0 saturated heterocycles. The van der Waals surface area contributed by atoms with Gasteiger partial charge in [-0.3, -0.25) is 0 Å². The SMILES string of the molecule is CC(C)c1nc(CN(C)c2nc(N)nc3c2CCNCC3)cs1.Cl.Cl. The number of aromatic nitrogens is 3. The van der Waals surface area contributed by atoms with Crippen LogP contribution in [-0.4, -0.2) is 35.1 Å². The summed E-state index contributed by atoms with van der Waals surface area (Å²) in [6, 6.07) is 0. The predicted molar refractivity (Wildman–Crippen MR) is 110 cm³/mol. The van der Waals surface area contributed by atoms with Crippen molar-refractivity contribution in [3.63, 3.8) is 0 Å². The number of rotatable bonds is 4. The van der Waals surface area contributed by atoms with Crippen LogP contribution in [0.2, 0.25) is 0 Å². The van der Waals surface area contributed by atoms with E-state index in [0.29, 0.717) is 11.9 Å². The van der Waals surface area contributed by atoms with Crippen molar-refractivity contribution in [2.24, 2.45) is 0 Å². The van der Waals surface area contributed by atoms with Crippen molar-refractivity contribution in [1.29, 1.82) is 0 Å². The van der Waals surface area contributed by atoms with Gasteiger partial charge >= 0.3 is 0 Å². The Morgan fingerprint density at radius 1 is 1.20 bits per heavy atom. The highest BCUT2D eigenvalue weighted by Gasteiger charge is 2.19. The molecule has 140 valence electrons. The quantitative estimate of drug-likeness (QED) is 0.815. The summed E-state index contributed by atoms with van der Waals surface area (Å²) in [5.41, 5.74) is 9.30. The zero-order chi connectivity index (χ0) is 16.4. The van der Waals surface area contributed by atoms with Crippen LogP contribution in [0.25, 0.3) is 0 Å². The third kappa shape index (κ3) is 5.17. The first-order valence-electron chi connectivity index (χ1n) is 8.06. The molecule has 3 heterocycles. The second-order valence-electron chi connectivity index (χ2n) is 6.27. The molecule has 0 fully saturated rings. The summed E-state index contributed by atoms with van der Waals surface area (Å²) in [6.45, 7) is 6.97. The summed E-state index contributed by atoms with van der Waals surface area (Å²) in [6.07, 6.45) is 1.83. The van der Waals surface area contributed by atoms with Crippen molar-refractivity contribution in [2.75, 3.05) is 30.8 Å². The molecule has 0 atom stereocenters. The molecule has 0 aliphatic carbocycles. The van der Waals surface area contributed by atoms with E-state index < -0.39 is 0 Å². The summed E-state index contributed by atoms with van der Waals surface area (Å²) in [7, 11) is 2.05. The van der Waals surface area contributed by atoms with Crippen LogP contribution in [0, 0.1) is 0 Å². The molecule has 9 heteroatoms. The second kappa shape index (κ2) is 9.52. The Balaban J connectivity index is 0.00000156. The average molecular weight is 405 g/mol. The van der Waals surface area contributed by atoms with E-state index in [1.54, 1.807) is 11.3 Å². The molecule has 0 bridgehead atoms. The van der Waals surface area contributed by atoms with Gasteiger partial charge in [0.1, 0.15) is 5.82 Å². The van der Waals surface area contributed by atoms with Gasteiger partial charge in [-0.05, 0) is 13.0 Å². The van der Waals surface area contributed by atoms with Gasteiger partial charge in [-0.1, -0.05) is 13.8 Å². The average Bonchev–Trinajstić information content (AvgIpc) is 2.84. The molecule has 25 heavy (non-hydrogen) atoms. The van der Waals surface area contributed by atoms with Gasteiger partial charge in [0.15, 0.2) is 0 Å². The highest BCUT2D eigenvalue weighted by atomic mass is 35.5. The Hall–Kier alpha value is -1.15. The van der Waals surface area contributed by atoms with Gasteiger partial charge in [0, 0.05) is 36.9 Å². The summed E-state index contributed by atoms with van der Waals surface area (Å²) >= 11 is 1.72. The first kappa shape index (κ1) is 21.9. The Kier molecular flexibility index (Phi) is 8.34. The van der Waals surface area contributed by atoms with Gasteiger partial charge in [-0.15, -0.1) is 36.2 Å². The standard InChI is InChI=1S/C16H24N6S.2ClH/c1-10(2)15-19-11(9-23-15)8-22(3)14-12-4-6-18-7-5-13(12)20-16(17)21-14;;/h9-10,18H,4-8H2,1-3H3,(H2,17,20,21);2*1H. The highest BCUT2D eigenvalue weighted by molar-refractivity contribution is 7.09. The van der Waals surface area contributed by atoms with Crippen molar-refractivity contribution < 1.29 is 0 Å². The number of thiazole rings is 1. The van der Waals surface area contributed by atoms with Crippen molar-refractivity contribution in [3.05, 3.63) is 27.3 Å². The summed E-state index contributed by atoms with van der Waals surface area (Å²) in [4.78, 5) is 15.8. The first-order valence-corrected chi connectivity index (χ1v) is 8.94. The van der Waals surface area contributed by atoms with Crippen molar-refractivity contribution in [2.45, 2.75) is 39.2 Å². The molecule has 0 spiro atoms. The number of nitrogens with zero attached hydrogens (tertiary/aromatic N) is 4. The van der Waals surface area contributed by atoms with E-state index in [2.05, 4.69) is 46.5 Å². The van der Waals surface area contributed by atoms with Crippen LogP contribution in [0.15, 0.2) is 5.38 Å². The maximum atomic E-state index is 5.93. The number of hydrogen-bond acceptors (Lipinski definition) is 7. The lowest BCUT2D eigenvalue weighted by atomic mass is 10.1. The number of halogens is 2. The summed E-state index contributed by atoms with van der Waals surface area (Å²) < 4.78 is 0. The Morgan fingerprint density at radius 2 is 1.92 bits per heavy atom. The predicted octanol–water partition coefficient (Wildman–Crippen LogP) is 2.81. The molecule has 1 aliphatic heterocycles. The fraction of sp³-hybridized carbons (Fsp3) is 0.562. The minimum atomic E-state index is 0. The van der Waals surface area contributed by atoms with Crippen LogP contribution in [0.4, 0.5) is 11.8 Å². The number of anilines is 2. The lowest BCUT2D eigenvalue weighted by Crippen LogP contribution is -2.22. The van der Waals surface area contributed by atoms with E-state index in [1.807, 2.05) is 0 Å². The maximum absolute atomic E-state index is 5.93. The molecule has 0 aromatic carbocycles. The van der Waals surface area contributed by atoms with Gasteiger partial charge in [-0.2, -0.15) is 4.98 Å². The molecule has 3 N–H and O–H groups in total. The van der Waals surface area contributed by atoms with Gasteiger partial charge in [0.2, 0.25) is 5.95 Å². The van der Waals surface area contributed by atoms with Gasteiger partial charge in [0.25, 0.3) is 0 Å². The normalized spacial score (nSPS) is 13.4. The fourth-order valence-corrected chi connectivity index (χ4v) is 3.66. The molecule has 6 nitrogen and oxygen atoms in total. The zero-order valence-corrected chi connectivity index (χ0v) is 17.2. The molecule has 0 unspecified atom stereocenters. The second-order valence-corrected chi connectivity index (χ2v) is 7.16. The van der Waals surface area contributed by atoms with Crippen LogP contribution in [0.5, 0.6) is 0 Å². The molecular weight excluding hydrogens is 379 g/mol. The molecular formula is C16H26Cl2N6S. The van der Waals surface area contributed by atoms with Crippen molar-refractivity contribution >= 4 is 47.9 Å². The third-order valence-corrected chi connectivity index (χ3v) is 5.20. The van der Waals surface area contributed by atoms with Crippen LogP contribution in [0.3, 0.4) is 0 Å². The molecule has 0 saturated carbocycles. The van der Waals surface area contributed by atoms with Gasteiger partial charge in [0.05, 0.1) is 22.9 Å². The van der Waals surface area contributed by atoms with Gasteiger partial charge < -0.3 is 16.0 Å². The Labute approximate surface area is 165 Å². The Morgan fingerprint density at radius 3 is 2.60 bits per heavy atom. The van der Waals surface area contributed by atoms with Crippen LogP contribution < -0.4 is 16.0 Å². The Bertz CT molecular complexity index is 691. The van der Waals surface area contributed by atoms with E-state index in [0.717, 1.165) is 49.7 Å². The number of nitrogens with one attached hydrogen (secondary N) is 1. The smallest absolute Gasteiger partial charge is 0.222 e. The third-order valence-electron chi connectivity index (χ3n) is 4.00. The lowest BCUT2D eigenvalue weighted by Gasteiger charge is -2.21. The van der Waals surface area contributed by atoms with E-state index in [-0.39, 0.29) is 24.8 Å². The van der Waals surface area contributed by atoms with Gasteiger partial charge in [-0.25, -0.2) is 9.97 Å². The molecule has 0 radical (unpaired) electrons.